The Balaban J connectivity index is 1.55. The second-order valence-electron chi connectivity index (χ2n) is 5.53. The molecule has 4 N–H and O–H groups in total. The zero-order valence-electron chi connectivity index (χ0n) is 11.8. The second kappa shape index (κ2) is 5.31. The van der Waals surface area contributed by atoms with Crippen molar-refractivity contribution in [2.24, 2.45) is 0 Å². The van der Waals surface area contributed by atoms with Gasteiger partial charge in [0.2, 0.25) is 0 Å². The molecule has 0 aliphatic carbocycles. The van der Waals surface area contributed by atoms with Crippen LogP contribution in [0.2, 0.25) is 0 Å². The molecule has 22 heavy (non-hydrogen) atoms. The van der Waals surface area contributed by atoms with Gasteiger partial charge in [0, 0.05) is 43.0 Å². The van der Waals surface area contributed by atoms with Crippen LogP contribution >= 0.6 is 11.3 Å². The van der Waals surface area contributed by atoms with Crippen molar-refractivity contribution in [3.8, 4) is 0 Å². The van der Waals surface area contributed by atoms with Gasteiger partial charge in [0.25, 0.3) is 0 Å². The molecule has 4 rings (SSSR count). The van der Waals surface area contributed by atoms with Gasteiger partial charge in [0.15, 0.2) is 5.82 Å². The Morgan fingerprint density at radius 2 is 2.27 bits per heavy atom. The van der Waals surface area contributed by atoms with E-state index in [9.17, 15) is 5.11 Å². The Kier molecular flexibility index (Phi) is 3.29. The summed E-state index contributed by atoms with van der Waals surface area (Å²) >= 11 is 1.60. The smallest absolute Gasteiger partial charge is 0.151 e. The van der Waals surface area contributed by atoms with Crippen molar-refractivity contribution in [1.29, 1.82) is 0 Å². The molecule has 0 aromatic carbocycles. The molecule has 7 nitrogen and oxygen atoms in total. The predicted molar refractivity (Wildman–Crippen MR) is 84.4 cm³/mol. The second-order valence-corrected chi connectivity index (χ2v) is 6.46. The van der Waals surface area contributed by atoms with Crippen molar-refractivity contribution in [3.05, 3.63) is 34.7 Å². The highest BCUT2D eigenvalue weighted by molar-refractivity contribution is 7.09. The van der Waals surface area contributed by atoms with Gasteiger partial charge in [-0.3, -0.25) is 4.90 Å². The SMILES string of the molecule is Nc1ncnc2c(CN3C[C@H](c4nccs4)[C@@H](O)C3)c[nH]c12. The maximum Gasteiger partial charge on any atom is 0.151 e. The minimum Gasteiger partial charge on any atom is -0.391 e. The number of aromatic nitrogens is 4. The first-order chi connectivity index (χ1) is 10.7. The zero-order chi connectivity index (χ0) is 15.1. The number of H-pyrrole nitrogens is 1. The highest BCUT2D eigenvalue weighted by Gasteiger charge is 2.34. The van der Waals surface area contributed by atoms with Crippen LogP contribution in [0.25, 0.3) is 11.0 Å². The number of aromatic amines is 1. The van der Waals surface area contributed by atoms with Crippen LogP contribution in [0.1, 0.15) is 16.5 Å². The van der Waals surface area contributed by atoms with Crippen LogP contribution in [0.15, 0.2) is 24.1 Å². The highest BCUT2D eigenvalue weighted by Crippen LogP contribution is 2.30. The van der Waals surface area contributed by atoms with E-state index < -0.39 is 0 Å². The number of aliphatic hydroxyl groups is 1. The monoisotopic (exact) mass is 316 g/mol. The van der Waals surface area contributed by atoms with Gasteiger partial charge in [-0.25, -0.2) is 15.0 Å². The number of likely N-dealkylation sites (tertiary alicyclic amines) is 1. The normalized spacial score (nSPS) is 22.6. The molecule has 1 fully saturated rings. The molecule has 0 amide bonds. The summed E-state index contributed by atoms with van der Waals surface area (Å²) in [6.07, 6.45) is 4.80. The van der Waals surface area contributed by atoms with Crippen molar-refractivity contribution >= 4 is 28.2 Å². The molecular weight excluding hydrogens is 300 g/mol. The topological polar surface area (TPSA) is 104 Å². The van der Waals surface area contributed by atoms with Crippen LogP contribution in [0.4, 0.5) is 5.82 Å². The number of nitrogens with zero attached hydrogens (tertiary/aromatic N) is 4. The molecule has 1 aliphatic rings. The van der Waals surface area contributed by atoms with Gasteiger partial charge in [-0.1, -0.05) is 0 Å². The molecular formula is C14H16N6OS. The fourth-order valence-corrected chi connectivity index (χ4v) is 3.82. The lowest BCUT2D eigenvalue weighted by Crippen LogP contribution is -2.21. The fraction of sp³-hybridized carbons (Fsp3) is 0.357. The van der Waals surface area contributed by atoms with Gasteiger partial charge in [-0.15, -0.1) is 11.3 Å². The first-order valence-electron chi connectivity index (χ1n) is 7.08. The molecule has 0 unspecified atom stereocenters. The summed E-state index contributed by atoms with van der Waals surface area (Å²) in [5, 5.41) is 13.2. The third kappa shape index (κ3) is 2.25. The highest BCUT2D eigenvalue weighted by atomic mass is 32.1. The minimum atomic E-state index is -0.379. The first kappa shape index (κ1) is 13.6. The van der Waals surface area contributed by atoms with E-state index in [0.717, 1.165) is 34.7 Å². The van der Waals surface area contributed by atoms with Gasteiger partial charge < -0.3 is 15.8 Å². The molecule has 0 spiro atoms. The van der Waals surface area contributed by atoms with Crippen LogP contribution in [0.3, 0.4) is 0 Å². The average Bonchev–Trinajstić information content (AvgIpc) is 3.20. The predicted octanol–water partition coefficient (Wildman–Crippen LogP) is 0.957. The Morgan fingerprint density at radius 3 is 3.09 bits per heavy atom. The lowest BCUT2D eigenvalue weighted by Gasteiger charge is -2.14. The number of nitrogens with two attached hydrogens (primary N) is 1. The van der Waals surface area contributed by atoms with E-state index in [1.807, 2.05) is 11.6 Å². The maximum atomic E-state index is 10.3. The van der Waals surface area contributed by atoms with Gasteiger partial charge in [0.1, 0.15) is 11.8 Å². The van der Waals surface area contributed by atoms with Gasteiger partial charge >= 0.3 is 0 Å². The molecule has 0 radical (unpaired) electrons. The number of β-amino-alcohol motifs (C(OH)–C–C–N with tert-alkyl or cyclic N) is 1. The minimum absolute atomic E-state index is 0.0879. The standard InChI is InChI=1S/C14H16N6OS/c15-13-12-11(18-7-19-13)8(3-17-12)4-20-5-9(10(21)6-20)14-16-1-2-22-14/h1-3,7,9-10,17,21H,4-6H2,(H2,15,18,19)/t9-,10-/m0/s1. The van der Waals surface area contributed by atoms with Crippen LogP contribution in [0.5, 0.6) is 0 Å². The summed E-state index contributed by atoms with van der Waals surface area (Å²) < 4.78 is 0. The summed E-state index contributed by atoms with van der Waals surface area (Å²) in [5.74, 6) is 0.545. The number of nitrogens with one attached hydrogen (secondary N) is 1. The number of nitrogen functional groups attached to an aromatic ring is 1. The van der Waals surface area contributed by atoms with Crippen molar-refractivity contribution < 1.29 is 5.11 Å². The number of rotatable bonds is 3. The molecule has 3 aromatic heterocycles. The van der Waals surface area contributed by atoms with Crippen LogP contribution in [-0.2, 0) is 6.54 Å². The molecule has 1 aliphatic heterocycles. The van der Waals surface area contributed by atoms with E-state index in [2.05, 4.69) is 24.8 Å². The molecule has 8 heteroatoms. The molecule has 0 saturated carbocycles. The number of anilines is 1. The van der Waals surface area contributed by atoms with Gasteiger partial charge in [-0.2, -0.15) is 0 Å². The van der Waals surface area contributed by atoms with E-state index in [0.29, 0.717) is 12.4 Å². The van der Waals surface area contributed by atoms with Gasteiger partial charge in [-0.05, 0) is 0 Å². The van der Waals surface area contributed by atoms with Crippen LogP contribution in [-0.4, -0.2) is 49.1 Å². The molecule has 4 heterocycles. The summed E-state index contributed by atoms with van der Waals surface area (Å²) in [5.41, 5.74) is 8.53. The lowest BCUT2D eigenvalue weighted by atomic mass is 10.1. The Morgan fingerprint density at radius 1 is 1.36 bits per heavy atom. The molecule has 3 aromatic rings. The molecule has 2 atom stereocenters. The summed E-state index contributed by atoms with van der Waals surface area (Å²) in [6.45, 7) is 2.15. The fourth-order valence-electron chi connectivity index (χ4n) is 3.03. The number of hydrogen-bond donors (Lipinski definition) is 3. The number of hydrogen-bond acceptors (Lipinski definition) is 7. The van der Waals surface area contributed by atoms with Gasteiger partial charge in [0.05, 0.1) is 22.5 Å². The first-order valence-corrected chi connectivity index (χ1v) is 7.96. The van der Waals surface area contributed by atoms with Crippen molar-refractivity contribution in [1.82, 2.24) is 24.8 Å². The largest absolute Gasteiger partial charge is 0.391 e. The average molecular weight is 316 g/mol. The quantitative estimate of drug-likeness (QED) is 0.665. The zero-order valence-corrected chi connectivity index (χ0v) is 12.6. The Labute approximate surface area is 130 Å². The van der Waals surface area contributed by atoms with E-state index in [1.165, 1.54) is 6.33 Å². The van der Waals surface area contributed by atoms with Crippen LogP contribution < -0.4 is 5.73 Å². The lowest BCUT2D eigenvalue weighted by molar-refractivity contribution is 0.163. The molecule has 0 bridgehead atoms. The summed E-state index contributed by atoms with van der Waals surface area (Å²) in [6, 6.07) is 0. The molecule has 114 valence electrons. The van der Waals surface area contributed by atoms with Crippen molar-refractivity contribution in [2.45, 2.75) is 18.6 Å². The van der Waals surface area contributed by atoms with E-state index in [1.54, 1.807) is 17.5 Å². The molecule has 1 saturated heterocycles. The van der Waals surface area contributed by atoms with E-state index in [4.69, 9.17) is 5.73 Å². The number of thiazole rings is 1. The van der Waals surface area contributed by atoms with E-state index >= 15 is 0 Å². The van der Waals surface area contributed by atoms with Crippen molar-refractivity contribution in [3.63, 3.8) is 0 Å². The Bertz CT molecular complexity index is 786. The number of aliphatic hydroxyl groups excluding tert-OH is 1. The van der Waals surface area contributed by atoms with E-state index in [-0.39, 0.29) is 12.0 Å². The maximum absolute atomic E-state index is 10.3. The van der Waals surface area contributed by atoms with Crippen molar-refractivity contribution in [2.75, 3.05) is 18.8 Å². The summed E-state index contributed by atoms with van der Waals surface area (Å²) in [7, 11) is 0. The Hall–Kier alpha value is -2.03. The van der Waals surface area contributed by atoms with Crippen LogP contribution in [0, 0.1) is 0 Å². The summed E-state index contributed by atoms with van der Waals surface area (Å²) in [4.78, 5) is 18.0. The number of fused-ring (bicyclic) bond motifs is 1. The third-order valence-electron chi connectivity index (χ3n) is 4.10. The third-order valence-corrected chi connectivity index (χ3v) is 5.01.